The molecule has 0 amide bonds. The fourth-order valence-corrected chi connectivity index (χ4v) is 2.74. The lowest BCUT2D eigenvalue weighted by Crippen LogP contribution is -2.46. The molecule has 1 aliphatic carbocycles. The Morgan fingerprint density at radius 3 is 2.94 bits per heavy atom. The van der Waals surface area contributed by atoms with E-state index in [0.717, 1.165) is 25.9 Å². The molecule has 1 saturated heterocycles. The maximum Gasteiger partial charge on any atom is 0.325 e. The summed E-state index contributed by atoms with van der Waals surface area (Å²) in [6, 6.07) is 0. The summed E-state index contributed by atoms with van der Waals surface area (Å²) < 4.78 is 16.2. The summed E-state index contributed by atoms with van der Waals surface area (Å²) in [5.41, 5.74) is 5.17. The van der Waals surface area contributed by atoms with Crippen molar-refractivity contribution in [3.05, 3.63) is 0 Å². The Kier molecular flexibility index (Phi) is 4.59. The lowest BCUT2D eigenvalue weighted by atomic mass is 10.00. The lowest BCUT2D eigenvalue weighted by molar-refractivity contribution is -0.147. The molecule has 2 fully saturated rings. The molecule has 2 rings (SSSR count). The molecule has 5 nitrogen and oxygen atoms in total. The molecule has 2 aliphatic rings. The third kappa shape index (κ3) is 3.22. The van der Waals surface area contributed by atoms with Gasteiger partial charge in [-0.15, -0.1) is 0 Å². The summed E-state index contributed by atoms with van der Waals surface area (Å²) in [5, 5.41) is 0. The van der Waals surface area contributed by atoms with Gasteiger partial charge in [-0.2, -0.15) is 0 Å². The summed E-state index contributed by atoms with van der Waals surface area (Å²) in [5.74, 6) is -0.331. The second-order valence-corrected chi connectivity index (χ2v) is 5.33. The van der Waals surface area contributed by atoms with Crippen LogP contribution in [0.2, 0.25) is 0 Å². The molecule has 5 heteroatoms. The highest BCUT2D eigenvalue weighted by Gasteiger charge is 2.43. The Bertz CT molecular complexity index is 291. The number of carbonyl (C=O) groups is 1. The highest BCUT2D eigenvalue weighted by atomic mass is 16.5. The number of hydrogen-bond donors (Lipinski definition) is 1. The molecule has 1 saturated carbocycles. The third-order valence-corrected chi connectivity index (χ3v) is 3.89. The van der Waals surface area contributed by atoms with Gasteiger partial charge in [-0.3, -0.25) is 4.79 Å². The normalized spacial score (nSPS) is 36.6. The lowest BCUT2D eigenvalue weighted by Gasteiger charge is -2.25. The van der Waals surface area contributed by atoms with Crippen LogP contribution in [-0.4, -0.2) is 44.0 Å². The van der Waals surface area contributed by atoms with Gasteiger partial charge in [-0.25, -0.2) is 0 Å². The zero-order valence-corrected chi connectivity index (χ0v) is 11.0. The van der Waals surface area contributed by atoms with E-state index in [-0.39, 0.29) is 18.2 Å². The van der Waals surface area contributed by atoms with Crippen LogP contribution >= 0.6 is 0 Å². The summed E-state index contributed by atoms with van der Waals surface area (Å²) in [6.45, 7) is 1.45. The largest absolute Gasteiger partial charge is 0.468 e. The van der Waals surface area contributed by atoms with E-state index in [4.69, 9.17) is 19.9 Å². The molecule has 0 aromatic heterocycles. The SMILES string of the molecule is COC(=O)C1(N)CCC(OCC2CCCCO2)C1. The molecular formula is C13H23NO4. The van der Waals surface area contributed by atoms with Gasteiger partial charge >= 0.3 is 5.97 Å². The Morgan fingerprint density at radius 2 is 2.28 bits per heavy atom. The number of carbonyl (C=O) groups excluding carboxylic acids is 1. The van der Waals surface area contributed by atoms with Crippen molar-refractivity contribution in [2.45, 2.75) is 56.3 Å². The van der Waals surface area contributed by atoms with Crippen LogP contribution in [-0.2, 0) is 19.0 Å². The number of hydrogen-bond acceptors (Lipinski definition) is 5. The molecular weight excluding hydrogens is 234 g/mol. The maximum absolute atomic E-state index is 11.6. The van der Waals surface area contributed by atoms with Crippen molar-refractivity contribution >= 4 is 5.97 Å². The van der Waals surface area contributed by atoms with E-state index in [0.29, 0.717) is 19.4 Å². The van der Waals surface area contributed by atoms with Crippen LogP contribution in [0.4, 0.5) is 0 Å². The summed E-state index contributed by atoms with van der Waals surface area (Å²) in [4.78, 5) is 11.6. The molecule has 3 unspecified atom stereocenters. The first-order valence-electron chi connectivity index (χ1n) is 6.74. The summed E-state index contributed by atoms with van der Waals surface area (Å²) in [7, 11) is 1.38. The Morgan fingerprint density at radius 1 is 1.44 bits per heavy atom. The van der Waals surface area contributed by atoms with Gasteiger partial charge in [0.2, 0.25) is 0 Å². The van der Waals surface area contributed by atoms with E-state index < -0.39 is 5.54 Å². The minimum Gasteiger partial charge on any atom is -0.468 e. The van der Waals surface area contributed by atoms with Crippen LogP contribution in [0.5, 0.6) is 0 Å². The molecule has 1 heterocycles. The van der Waals surface area contributed by atoms with E-state index in [1.165, 1.54) is 13.5 Å². The van der Waals surface area contributed by atoms with E-state index in [1.807, 2.05) is 0 Å². The predicted molar refractivity (Wildman–Crippen MR) is 66.1 cm³/mol. The molecule has 0 aromatic carbocycles. The Hall–Kier alpha value is -0.650. The highest BCUT2D eigenvalue weighted by Crippen LogP contribution is 2.31. The first-order chi connectivity index (χ1) is 8.64. The molecule has 18 heavy (non-hydrogen) atoms. The average molecular weight is 257 g/mol. The number of ether oxygens (including phenoxy) is 3. The zero-order valence-electron chi connectivity index (χ0n) is 11.0. The first kappa shape index (κ1) is 13.8. The van der Waals surface area contributed by atoms with Gasteiger partial charge in [0, 0.05) is 13.0 Å². The third-order valence-electron chi connectivity index (χ3n) is 3.89. The van der Waals surface area contributed by atoms with E-state index in [9.17, 15) is 4.79 Å². The minimum absolute atomic E-state index is 0.0552. The molecule has 3 atom stereocenters. The molecule has 2 N–H and O–H groups in total. The molecule has 0 radical (unpaired) electrons. The quantitative estimate of drug-likeness (QED) is 0.761. The van der Waals surface area contributed by atoms with Crippen LogP contribution in [0.3, 0.4) is 0 Å². The topological polar surface area (TPSA) is 70.8 Å². The Labute approximate surface area is 108 Å². The van der Waals surface area contributed by atoms with Crippen molar-refractivity contribution in [1.29, 1.82) is 0 Å². The number of nitrogens with two attached hydrogens (primary N) is 1. The summed E-state index contributed by atoms with van der Waals surface area (Å²) >= 11 is 0. The standard InChI is InChI=1S/C13H23NO4/c1-16-12(15)13(14)6-5-10(8-13)18-9-11-4-2-3-7-17-11/h10-11H,2-9,14H2,1H3. The van der Waals surface area contributed by atoms with E-state index in [1.54, 1.807) is 0 Å². The maximum atomic E-state index is 11.6. The first-order valence-corrected chi connectivity index (χ1v) is 6.74. The van der Waals surface area contributed by atoms with Crippen molar-refractivity contribution in [3.8, 4) is 0 Å². The zero-order chi connectivity index (χ0) is 13.0. The molecule has 0 bridgehead atoms. The second-order valence-electron chi connectivity index (χ2n) is 5.33. The van der Waals surface area contributed by atoms with Crippen molar-refractivity contribution in [2.24, 2.45) is 5.73 Å². The summed E-state index contributed by atoms with van der Waals surface area (Å²) in [6.07, 6.45) is 5.69. The molecule has 1 aliphatic heterocycles. The fraction of sp³-hybridized carbons (Fsp3) is 0.923. The highest BCUT2D eigenvalue weighted by molar-refractivity contribution is 5.80. The number of methoxy groups -OCH3 is 1. The van der Waals surface area contributed by atoms with Crippen molar-refractivity contribution in [2.75, 3.05) is 20.3 Å². The van der Waals surface area contributed by atoms with Crippen molar-refractivity contribution in [3.63, 3.8) is 0 Å². The van der Waals surface area contributed by atoms with Gasteiger partial charge in [0.15, 0.2) is 0 Å². The number of esters is 1. The van der Waals surface area contributed by atoms with Crippen LogP contribution in [0, 0.1) is 0 Å². The molecule has 0 spiro atoms. The second kappa shape index (κ2) is 5.99. The minimum atomic E-state index is -0.854. The van der Waals surface area contributed by atoms with Gasteiger partial charge in [-0.05, 0) is 32.1 Å². The van der Waals surface area contributed by atoms with Crippen LogP contribution in [0.25, 0.3) is 0 Å². The molecule has 0 aromatic rings. The van der Waals surface area contributed by atoms with Crippen molar-refractivity contribution in [1.82, 2.24) is 0 Å². The van der Waals surface area contributed by atoms with Crippen LogP contribution < -0.4 is 5.73 Å². The molecule has 104 valence electrons. The average Bonchev–Trinajstić information content (AvgIpc) is 2.80. The van der Waals surface area contributed by atoms with Crippen molar-refractivity contribution < 1.29 is 19.0 Å². The predicted octanol–water partition coefficient (Wildman–Crippen LogP) is 0.995. The van der Waals surface area contributed by atoms with Gasteiger partial charge < -0.3 is 19.9 Å². The van der Waals surface area contributed by atoms with Crippen LogP contribution in [0.15, 0.2) is 0 Å². The number of rotatable bonds is 4. The van der Waals surface area contributed by atoms with E-state index in [2.05, 4.69) is 0 Å². The smallest absolute Gasteiger partial charge is 0.325 e. The van der Waals surface area contributed by atoms with Crippen LogP contribution in [0.1, 0.15) is 38.5 Å². The Balaban J connectivity index is 1.73. The van der Waals surface area contributed by atoms with Gasteiger partial charge in [0.1, 0.15) is 5.54 Å². The monoisotopic (exact) mass is 257 g/mol. The van der Waals surface area contributed by atoms with Gasteiger partial charge in [0.25, 0.3) is 0 Å². The van der Waals surface area contributed by atoms with Gasteiger partial charge in [-0.1, -0.05) is 0 Å². The van der Waals surface area contributed by atoms with Gasteiger partial charge in [0.05, 0.1) is 25.9 Å². The fourth-order valence-electron chi connectivity index (χ4n) is 2.74. The van der Waals surface area contributed by atoms with E-state index >= 15 is 0 Å².